The summed E-state index contributed by atoms with van der Waals surface area (Å²) in [6.45, 7) is 3.27. The molecule has 1 aliphatic heterocycles. The lowest BCUT2D eigenvalue weighted by atomic mass is 9.86. The summed E-state index contributed by atoms with van der Waals surface area (Å²) in [6.07, 6.45) is 13.0. The van der Waals surface area contributed by atoms with Gasteiger partial charge in [-0.25, -0.2) is 0 Å². The second-order valence-corrected chi connectivity index (χ2v) is 8.34. The minimum absolute atomic E-state index is 0.269. The fourth-order valence-electron chi connectivity index (χ4n) is 4.44. The van der Waals surface area contributed by atoms with Crippen molar-refractivity contribution in [2.45, 2.75) is 83.3 Å². The lowest BCUT2D eigenvalue weighted by molar-refractivity contribution is -0.137. The zero-order chi connectivity index (χ0) is 19.8. The van der Waals surface area contributed by atoms with Crippen molar-refractivity contribution < 1.29 is 14.6 Å². The van der Waals surface area contributed by atoms with Crippen LogP contribution in [0.3, 0.4) is 0 Å². The van der Waals surface area contributed by atoms with Gasteiger partial charge >= 0.3 is 5.97 Å². The maximum absolute atomic E-state index is 10.6. The Kier molecular flexibility index (Phi) is 7.96. The fraction of sp³-hybridized carbons (Fsp3) is 0.625. The molecule has 2 aliphatic rings. The van der Waals surface area contributed by atoms with Crippen molar-refractivity contribution in [1.29, 1.82) is 0 Å². The highest BCUT2D eigenvalue weighted by atomic mass is 16.5. The monoisotopic (exact) mass is 385 g/mol. The van der Waals surface area contributed by atoms with Gasteiger partial charge in [0.25, 0.3) is 0 Å². The van der Waals surface area contributed by atoms with Crippen molar-refractivity contribution in [3.63, 3.8) is 0 Å². The number of aliphatic carboxylic acids is 1. The Labute approximate surface area is 169 Å². The Balaban J connectivity index is 1.50. The Morgan fingerprint density at radius 2 is 1.89 bits per heavy atom. The van der Waals surface area contributed by atoms with Crippen LogP contribution in [0, 0.1) is 5.92 Å². The van der Waals surface area contributed by atoms with Crippen molar-refractivity contribution in [1.82, 2.24) is 5.32 Å². The van der Waals surface area contributed by atoms with Crippen LogP contribution in [0.15, 0.2) is 30.3 Å². The van der Waals surface area contributed by atoms with Crippen molar-refractivity contribution in [2.24, 2.45) is 5.92 Å². The van der Waals surface area contributed by atoms with E-state index in [1.807, 2.05) is 0 Å². The molecule has 154 valence electrons. The smallest absolute Gasteiger partial charge is 0.303 e. The predicted octanol–water partition coefficient (Wildman–Crippen LogP) is 5.42. The van der Waals surface area contributed by atoms with E-state index in [2.05, 4.69) is 42.6 Å². The molecule has 2 N–H and O–H groups in total. The van der Waals surface area contributed by atoms with Crippen LogP contribution in [0.2, 0.25) is 0 Å². The molecule has 1 unspecified atom stereocenters. The lowest BCUT2D eigenvalue weighted by Crippen LogP contribution is -2.32. The molecule has 0 saturated heterocycles. The first-order chi connectivity index (χ1) is 13.6. The van der Waals surface area contributed by atoms with Gasteiger partial charge in [-0.1, -0.05) is 38.0 Å². The molecule has 28 heavy (non-hydrogen) atoms. The van der Waals surface area contributed by atoms with Gasteiger partial charge in [0.05, 0.1) is 6.10 Å². The molecule has 3 rings (SSSR count). The quantitative estimate of drug-likeness (QED) is 0.557. The Hall–Kier alpha value is -1.81. The van der Waals surface area contributed by atoms with Crippen molar-refractivity contribution in [3.8, 4) is 5.75 Å². The summed E-state index contributed by atoms with van der Waals surface area (Å²) in [5.41, 5.74) is 2.66. The Morgan fingerprint density at radius 3 is 2.57 bits per heavy atom. The summed E-state index contributed by atoms with van der Waals surface area (Å²) < 4.78 is 6.22. The van der Waals surface area contributed by atoms with Crippen LogP contribution in [0.4, 0.5) is 0 Å². The van der Waals surface area contributed by atoms with Crippen LogP contribution in [0.25, 0.3) is 5.57 Å². The van der Waals surface area contributed by atoms with E-state index in [-0.39, 0.29) is 6.42 Å². The second kappa shape index (κ2) is 10.7. The van der Waals surface area contributed by atoms with Gasteiger partial charge in [0.2, 0.25) is 0 Å². The molecular formula is C24H35NO3. The molecule has 1 heterocycles. The highest BCUT2D eigenvalue weighted by molar-refractivity contribution is 5.67. The summed E-state index contributed by atoms with van der Waals surface area (Å²) >= 11 is 0. The van der Waals surface area contributed by atoms with E-state index in [0.717, 1.165) is 43.9 Å². The standard InChI is InChI=1S/C24H35NO3/c1-2-18-7-11-22(12-8-18)28-23-13-9-19(10-14-23)20-15-16-25-21(17-20)5-3-4-6-24(26)27/h9-10,13-14,17-18,21-22,25H,2-8,11-12,15-16H2,1H3,(H,26,27)/t18-,21?,22-. The molecular weight excluding hydrogens is 350 g/mol. The summed E-state index contributed by atoms with van der Waals surface area (Å²) in [4.78, 5) is 10.6. The van der Waals surface area contributed by atoms with E-state index >= 15 is 0 Å². The van der Waals surface area contributed by atoms with Gasteiger partial charge in [-0.05, 0) is 80.7 Å². The molecule has 1 fully saturated rings. The van der Waals surface area contributed by atoms with Gasteiger partial charge in [-0.2, -0.15) is 0 Å². The molecule has 4 heteroatoms. The summed E-state index contributed by atoms with van der Waals surface area (Å²) in [7, 11) is 0. The number of benzene rings is 1. The normalized spacial score (nSPS) is 25.2. The van der Waals surface area contributed by atoms with Crippen molar-refractivity contribution >= 4 is 11.5 Å². The van der Waals surface area contributed by atoms with Gasteiger partial charge in [0, 0.05) is 12.5 Å². The van der Waals surface area contributed by atoms with Crippen LogP contribution in [0.1, 0.15) is 76.7 Å². The highest BCUT2D eigenvalue weighted by Crippen LogP contribution is 2.30. The number of rotatable bonds is 9. The van der Waals surface area contributed by atoms with Crippen molar-refractivity contribution in [3.05, 3.63) is 35.9 Å². The first kappa shape index (κ1) is 20.9. The maximum Gasteiger partial charge on any atom is 0.303 e. The topological polar surface area (TPSA) is 58.6 Å². The number of hydrogen-bond acceptors (Lipinski definition) is 3. The van der Waals surface area contributed by atoms with Crippen molar-refractivity contribution in [2.75, 3.05) is 6.54 Å². The van der Waals surface area contributed by atoms with Crippen LogP contribution in [-0.4, -0.2) is 29.8 Å². The highest BCUT2D eigenvalue weighted by Gasteiger charge is 2.21. The second-order valence-electron chi connectivity index (χ2n) is 8.34. The first-order valence-electron chi connectivity index (χ1n) is 11.1. The molecule has 0 aromatic heterocycles. The fourth-order valence-corrected chi connectivity index (χ4v) is 4.44. The van der Waals surface area contributed by atoms with Gasteiger partial charge in [0.1, 0.15) is 5.75 Å². The zero-order valence-corrected chi connectivity index (χ0v) is 17.2. The summed E-state index contributed by atoms with van der Waals surface area (Å²) in [5.74, 6) is 1.18. The van der Waals surface area contributed by atoms with Gasteiger partial charge in [-0.15, -0.1) is 0 Å². The van der Waals surface area contributed by atoms with E-state index in [1.54, 1.807) is 0 Å². The van der Waals surface area contributed by atoms with E-state index in [1.165, 1.54) is 43.2 Å². The SMILES string of the molecule is CC[C@H]1CC[C@H](Oc2ccc(C3=CC(CCCCC(=O)O)NCC3)cc2)CC1. The summed E-state index contributed by atoms with van der Waals surface area (Å²) in [5, 5.41) is 12.3. The van der Waals surface area contributed by atoms with Gasteiger partial charge in [-0.3, -0.25) is 4.79 Å². The molecule has 1 aliphatic carbocycles. The lowest BCUT2D eigenvalue weighted by Gasteiger charge is -2.28. The molecule has 4 nitrogen and oxygen atoms in total. The molecule has 0 amide bonds. The van der Waals surface area contributed by atoms with E-state index in [4.69, 9.17) is 9.84 Å². The number of carboxylic acid groups (broad SMARTS) is 1. The average molecular weight is 386 g/mol. The Bertz CT molecular complexity index is 644. The number of ether oxygens (including phenoxy) is 1. The molecule has 0 radical (unpaired) electrons. The minimum atomic E-state index is -0.700. The third-order valence-electron chi connectivity index (χ3n) is 6.26. The van der Waals surface area contributed by atoms with Crippen LogP contribution >= 0.6 is 0 Å². The molecule has 1 aromatic carbocycles. The number of hydrogen-bond donors (Lipinski definition) is 2. The first-order valence-corrected chi connectivity index (χ1v) is 11.1. The molecule has 1 atom stereocenters. The average Bonchev–Trinajstić information content (AvgIpc) is 2.72. The number of carbonyl (C=O) groups is 1. The van der Waals surface area contributed by atoms with E-state index in [0.29, 0.717) is 12.1 Å². The zero-order valence-electron chi connectivity index (χ0n) is 17.2. The molecule has 1 saturated carbocycles. The minimum Gasteiger partial charge on any atom is -0.490 e. The van der Waals surface area contributed by atoms with Crippen LogP contribution in [0.5, 0.6) is 5.75 Å². The number of unbranched alkanes of at least 4 members (excludes halogenated alkanes) is 1. The predicted molar refractivity (Wildman–Crippen MR) is 114 cm³/mol. The van der Waals surface area contributed by atoms with Crippen LogP contribution < -0.4 is 10.1 Å². The van der Waals surface area contributed by atoms with Crippen LogP contribution in [-0.2, 0) is 4.79 Å². The van der Waals surface area contributed by atoms with E-state index in [9.17, 15) is 4.79 Å². The maximum atomic E-state index is 10.6. The van der Waals surface area contributed by atoms with Gasteiger partial charge < -0.3 is 15.2 Å². The Morgan fingerprint density at radius 1 is 1.14 bits per heavy atom. The summed E-state index contributed by atoms with van der Waals surface area (Å²) in [6, 6.07) is 8.96. The third-order valence-corrected chi connectivity index (χ3v) is 6.26. The van der Waals surface area contributed by atoms with E-state index < -0.39 is 5.97 Å². The largest absolute Gasteiger partial charge is 0.490 e. The number of nitrogens with one attached hydrogen (secondary N) is 1. The number of carboxylic acids is 1. The molecule has 1 aromatic rings. The third kappa shape index (κ3) is 6.37. The molecule has 0 bridgehead atoms. The molecule has 0 spiro atoms. The van der Waals surface area contributed by atoms with Gasteiger partial charge in [0.15, 0.2) is 0 Å².